The number of aliphatic hydroxyl groups is 2. The molecule has 0 fully saturated rings. The molecule has 0 bridgehead atoms. The molecule has 0 aliphatic rings. The topological polar surface area (TPSA) is 49.7 Å². The maximum atomic E-state index is 8.48. The molecular formula is C4H10O3ReRf. The van der Waals surface area contributed by atoms with Gasteiger partial charge in [-0.1, -0.05) is 0 Å². The maximum absolute atomic E-state index is 8.48. The molecule has 9 heavy (non-hydrogen) atoms. The zero-order valence-corrected chi connectivity index (χ0v) is 14.5. The van der Waals surface area contributed by atoms with Gasteiger partial charge in [-0.15, -0.1) is 0 Å². The molecule has 5 heteroatoms. The van der Waals surface area contributed by atoms with Crippen molar-refractivity contribution < 1.29 is 35.4 Å². The Morgan fingerprint density at radius 3 is 2.11 bits per heavy atom. The minimum atomic E-state index is -0.718. The van der Waals surface area contributed by atoms with E-state index in [-0.39, 0.29) is 33.6 Å². The Morgan fingerprint density at radius 1 is 1.56 bits per heavy atom. The second kappa shape index (κ2) is 10.5. The summed E-state index contributed by atoms with van der Waals surface area (Å²) in [6.07, 6.45) is -0.718. The summed E-state index contributed by atoms with van der Waals surface area (Å²) in [6.45, 7) is -0.0235. The maximum Gasteiger partial charge on any atom is 0.100 e. The van der Waals surface area contributed by atoms with Crippen LogP contribution in [0.5, 0.6) is 0 Å². The summed E-state index contributed by atoms with van der Waals surface area (Å²) in [7, 11) is 1.47. The number of hydrogen-bond donors (Lipinski definition) is 2. The summed E-state index contributed by atoms with van der Waals surface area (Å²) in [5.74, 6) is 0. The van der Waals surface area contributed by atoms with Gasteiger partial charge < -0.3 is 14.9 Å². The van der Waals surface area contributed by atoms with Crippen molar-refractivity contribution in [2.24, 2.45) is 0 Å². The summed E-state index contributed by atoms with van der Waals surface area (Å²) in [4.78, 5) is 0. The molecular weight excluding hydrogens is 549 g/mol. The third-order valence-electron chi connectivity index (χ3n) is 0.570. The van der Waals surface area contributed by atoms with Crippen LogP contribution in [0.1, 0.15) is 0 Å². The molecule has 1 radical (unpaired) electrons. The summed E-state index contributed by atoms with van der Waals surface area (Å²) in [5, 5.41) is 16.6. The van der Waals surface area contributed by atoms with E-state index in [1.165, 1.54) is 7.11 Å². The van der Waals surface area contributed by atoms with Gasteiger partial charge in [0.05, 0.1) is 13.2 Å². The second-order valence-corrected chi connectivity index (χ2v) is 1.29. The van der Waals surface area contributed by atoms with Crippen LogP contribution >= 0.6 is 0 Å². The SMILES string of the molecule is COCC(O)CO.[Re].[Rf]. The zero-order valence-electron chi connectivity index (χ0n) is 5.38. The number of methoxy groups -OCH3 is 1. The van der Waals surface area contributed by atoms with Gasteiger partial charge in [0.1, 0.15) is 6.10 Å². The molecule has 0 saturated carbocycles. The summed E-state index contributed by atoms with van der Waals surface area (Å²) < 4.78 is 4.48. The molecule has 0 aromatic carbocycles. The first kappa shape index (κ1) is 15.8. The first-order chi connectivity index (χ1) is 3.31. The van der Waals surface area contributed by atoms with Crippen LogP contribution < -0.4 is 0 Å². The van der Waals surface area contributed by atoms with Crippen molar-refractivity contribution in [2.75, 3.05) is 20.3 Å². The smallest absolute Gasteiger partial charge is 0.100 e. The fourth-order valence-electron chi connectivity index (χ4n) is 0.245. The van der Waals surface area contributed by atoms with Gasteiger partial charge in [0.25, 0.3) is 0 Å². The molecule has 1 unspecified atom stereocenters. The average Bonchev–Trinajstić information content (AvgIpc) is 1.68. The third-order valence-corrected chi connectivity index (χ3v) is 0.570. The van der Waals surface area contributed by atoms with E-state index in [0.29, 0.717) is 0 Å². The number of aliphatic hydroxyl groups excluding tert-OH is 2. The molecule has 0 heterocycles. The van der Waals surface area contributed by atoms with E-state index >= 15 is 0 Å². The molecule has 0 saturated heterocycles. The van der Waals surface area contributed by atoms with E-state index in [0.717, 1.165) is 0 Å². The molecule has 0 aromatic heterocycles. The minimum Gasteiger partial charge on any atom is -0.394 e. The molecule has 3 nitrogen and oxygen atoms in total. The Kier molecular flexibility index (Phi) is 18.5. The van der Waals surface area contributed by atoms with Crippen LogP contribution in [0, 0.1) is 0 Å². The first-order valence-corrected chi connectivity index (χ1v) is 2.09. The van der Waals surface area contributed by atoms with Gasteiger partial charge in [-0.3, -0.25) is 0 Å². The van der Waals surface area contributed by atoms with Crippen molar-refractivity contribution in [3.05, 3.63) is 0 Å². The summed E-state index contributed by atoms with van der Waals surface area (Å²) >= 11 is 0. The molecule has 0 spiro atoms. The van der Waals surface area contributed by atoms with E-state index in [1.54, 1.807) is 0 Å². The van der Waals surface area contributed by atoms with Gasteiger partial charge in [-0.25, -0.2) is 0 Å². The minimum absolute atomic E-state index is 0. The number of rotatable bonds is 3. The molecule has 0 aliphatic heterocycles. The van der Waals surface area contributed by atoms with Gasteiger partial charge in [0.2, 0.25) is 0 Å². The molecule has 2 N–H and O–H groups in total. The summed E-state index contributed by atoms with van der Waals surface area (Å²) in [5.41, 5.74) is 0. The van der Waals surface area contributed by atoms with E-state index < -0.39 is 6.10 Å². The van der Waals surface area contributed by atoms with Crippen LogP contribution in [0.3, 0.4) is 0 Å². The Morgan fingerprint density at radius 2 is 2.00 bits per heavy atom. The first-order valence-electron chi connectivity index (χ1n) is 2.09. The van der Waals surface area contributed by atoms with Gasteiger partial charge >= 0.3 is 0 Å². The Bertz CT molecular complexity index is 46.8. The standard InChI is InChI=1S/C4H10O3.Re.Rf/c1-7-3-4(6)2-5;;/h4-6H,2-3H2,1H3;;. The van der Waals surface area contributed by atoms with Gasteiger partial charge in [-0.05, 0) is 0 Å². The van der Waals surface area contributed by atoms with Crippen molar-refractivity contribution in [3.8, 4) is 0 Å². The van der Waals surface area contributed by atoms with Crippen LogP contribution in [0.25, 0.3) is 0 Å². The normalized spacial score (nSPS) is 11.0. The summed E-state index contributed by atoms with van der Waals surface area (Å²) in [6, 6.07) is 0. The number of hydrogen-bond acceptors (Lipinski definition) is 3. The Labute approximate surface area is 62.3 Å². The van der Waals surface area contributed by atoms with E-state index in [9.17, 15) is 0 Å². The second-order valence-electron chi connectivity index (χ2n) is 1.29. The van der Waals surface area contributed by atoms with E-state index in [1.807, 2.05) is 0 Å². The van der Waals surface area contributed by atoms with Crippen molar-refractivity contribution >= 4 is 0 Å². The van der Waals surface area contributed by atoms with Gasteiger partial charge in [-0.2, -0.15) is 0 Å². The predicted molar refractivity (Wildman–Crippen MR) is 25.0 cm³/mol. The van der Waals surface area contributed by atoms with Crippen LogP contribution in [0.4, 0.5) is 0 Å². The Balaban J connectivity index is -0.000000180. The quantitative estimate of drug-likeness (QED) is 0.466. The van der Waals surface area contributed by atoms with Gasteiger partial charge in [0.15, 0.2) is 0 Å². The van der Waals surface area contributed by atoms with Crippen molar-refractivity contribution in [1.29, 1.82) is 0 Å². The number of ether oxygens (including phenoxy) is 1. The Hall–Kier alpha value is -0.458. The largest absolute Gasteiger partial charge is 0.394 e. The van der Waals surface area contributed by atoms with Crippen LogP contribution in [-0.2, 0) is 25.2 Å². The molecule has 0 aliphatic carbocycles. The van der Waals surface area contributed by atoms with Gasteiger partial charge in [0, 0.05) is 27.5 Å². The monoisotopic (exact) mass is 560 g/mol. The molecule has 1 atom stereocenters. The third kappa shape index (κ3) is 11.2. The fourth-order valence-corrected chi connectivity index (χ4v) is 0.245. The molecule has 53 valence electrons. The van der Waals surface area contributed by atoms with E-state index in [4.69, 9.17) is 10.2 Å². The molecule has 0 rings (SSSR count). The van der Waals surface area contributed by atoms with E-state index in [2.05, 4.69) is 4.74 Å². The predicted octanol–water partition coefficient (Wildman–Crippen LogP) is -1.02. The van der Waals surface area contributed by atoms with Crippen LogP contribution in [-0.4, -0.2) is 36.6 Å². The van der Waals surface area contributed by atoms with Crippen molar-refractivity contribution in [1.82, 2.24) is 0 Å². The zero-order chi connectivity index (χ0) is 5.70. The van der Waals surface area contributed by atoms with Crippen LogP contribution in [0.2, 0.25) is 0 Å². The van der Waals surface area contributed by atoms with Crippen LogP contribution in [0.15, 0.2) is 0 Å². The van der Waals surface area contributed by atoms with Crippen molar-refractivity contribution in [2.45, 2.75) is 6.10 Å². The molecule has 0 aromatic rings. The molecule has 0 amide bonds. The fraction of sp³-hybridized carbons (Fsp3) is 1.00. The average molecular weight is 559 g/mol. The van der Waals surface area contributed by atoms with Crippen molar-refractivity contribution in [3.63, 3.8) is 0 Å².